The Bertz CT molecular complexity index is 1090. The molecule has 8 heteroatoms. The summed E-state index contributed by atoms with van der Waals surface area (Å²) < 4.78 is 5.41. The lowest BCUT2D eigenvalue weighted by atomic mass is 9.67. The SMILES string of the molecule is N#Cc1cccnc1Nc1cccc2c1C[C@]21CC(=O)N(C2CCOCC2)C(N)=N1. The smallest absolute Gasteiger partial charge is 0.232 e. The van der Waals surface area contributed by atoms with E-state index in [1.165, 1.54) is 0 Å². The number of guanidine groups is 1. The van der Waals surface area contributed by atoms with Gasteiger partial charge in [-0.2, -0.15) is 5.26 Å². The first-order valence-electron chi connectivity index (χ1n) is 10.1. The number of carbonyl (C=O) groups is 1. The molecule has 1 atom stereocenters. The number of aromatic nitrogens is 1. The van der Waals surface area contributed by atoms with Crippen molar-refractivity contribution in [2.75, 3.05) is 18.5 Å². The fraction of sp³-hybridized carbons (Fsp3) is 0.364. The van der Waals surface area contributed by atoms with E-state index in [0.717, 1.165) is 29.7 Å². The molecule has 0 bridgehead atoms. The van der Waals surface area contributed by atoms with E-state index >= 15 is 0 Å². The van der Waals surface area contributed by atoms with Gasteiger partial charge in [0.2, 0.25) is 5.91 Å². The molecule has 1 aromatic carbocycles. The number of amides is 1. The van der Waals surface area contributed by atoms with Crippen molar-refractivity contribution in [3.05, 3.63) is 53.2 Å². The lowest BCUT2D eigenvalue weighted by molar-refractivity contribution is -0.133. The standard InChI is InChI=1S/C22H22N6O2/c23-13-14-3-2-8-25-20(14)26-18-5-1-4-17-16(18)11-22(17)12-19(29)28(21(24)27-22)15-6-9-30-10-7-15/h1-5,8,15H,6-7,9-12H2,(H2,24,27)(H,25,26)/t22-/m0/s1. The monoisotopic (exact) mass is 402 g/mol. The Morgan fingerprint density at radius 2 is 2.07 bits per heavy atom. The molecule has 2 aromatic rings. The van der Waals surface area contributed by atoms with Gasteiger partial charge >= 0.3 is 0 Å². The molecule has 3 N–H and O–H groups in total. The molecule has 8 nitrogen and oxygen atoms in total. The minimum atomic E-state index is -0.599. The van der Waals surface area contributed by atoms with Crippen LogP contribution in [0.2, 0.25) is 0 Å². The summed E-state index contributed by atoms with van der Waals surface area (Å²) in [6, 6.07) is 11.6. The quantitative estimate of drug-likeness (QED) is 0.813. The van der Waals surface area contributed by atoms with Crippen LogP contribution in [0.1, 0.15) is 36.0 Å². The van der Waals surface area contributed by atoms with Crippen LogP contribution in [0.3, 0.4) is 0 Å². The Hall–Kier alpha value is -3.44. The third-order valence-corrected chi connectivity index (χ3v) is 6.17. The second-order valence-corrected chi connectivity index (χ2v) is 7.93. The first kappa shape index (κ1) is 18.6. The largest absolute Gasteiger partial charge is 0.381 e. The molecule has 1 aliphatic carbocycles. The van der Waals surface area contributed by atoms with Crippen molar-refractivity contribution in [1.29, 1.82) is 5.26 Å². The normalized spacial score (nSPS) is 23.4. The summed E-state index contributed by atoms with van der Waals surface area (Å²) in [5.74, 6) is 0.844. The highest BCUT2D eigenvalue weighted by Gasteiger charge is 2.50. The molecular formula is C22H22N6O2. The highest BCUT2D eigenvalue weighted by molar-refractivity contribution is 6.00. The summed E-state index contributed by atoms with van der Waals surface area (Å²) >= 11 is 0. The van der Waals surface area contributed by atoms with Crippen LogP contribution >= 0.6 is 0 Å². The summed E-state index contributed by atoms with van der Waals surface area (Å²) in [5, 5.41) is 12.6. The number of pyridine rings is 1. The molecular weight excluding hydrogens is 380 g/mol. The molecule has 30 heavy (non-hydrogen) atoms. The molecule has 1 fully saturated rings. The number of benzene rings is 1. The van der Waals surface area contributed by atoms with E-state index in [2.05, 4.69) is 16.4 Å². The second-order valence-electron chi connectivity index (χ2n) is 7.93. The zero-order valence-electron chi connectivity index (χ0n) is 16.5. The zero-order chi connectivity index (χ0) is 20.7. The first-order valence-corrected chi connectivity index (χ1v) is 10.1. The molecule has 1 aromatic heterocycles. The maximum atomic E-state index is 13.0. The Balaban J connectivity index is 1.44. The second kappa shape index (κ2) is 7.11. The van der Waals surface area contributed by atoms with E-state index in [9.17, 15) is 10.1 Å². The van der Waals surface area contributed by atoms with E-state index in [-0.39, 0.29) is 11.9 Å². The topological polar surface area (TPSA) is 117 Å². The van der Waals surface area contributed by atoms with Gasteiger partial charge in [0.05, 0.1) is 12.0 Å². The lowest BCUT2D eigenvalue weighted by Gasteiger charge is -2.47. The summed E-state index contributed by atoms with van der Waals surface area (Å²) in [6.07, 6.45) is 4.15. The van der Waals surface area contributed by atoms with E-state index in [0.29, 0.717) is 43.4 Å². The number of carbonyl (C=O) groups excluding carboxylic acids is 1. The number of nitrogens with two attached hydrogens (primary N) is 1. The number of ether oxygens (including phenoxy) is 1. The highest BCUT2D eigenvalue weighted by Crippen LogP contribution is 2.50. The van der Waals surface area contributed by atoms with E-state index in [1.54, 1.807) is 23.2 Å². The molecule has 0 saturated carbocycles. The number of rotatable bonds is 3. The van der Waals surface area contributed by atoms with Crippen LogP contribution in [0.15, 0.2) is 41.5 Å². The van der Waals surface area contributed by atoms with Gasteiger partial charge in [0.25, 0.3) is 0 Å². The first-order chi connectivity index (χ1) is 14.6. The van der Waals surface area contributed by atoms with E-state index in [4.69, 9.17) is 15.5 Å². The van der Waals surface area contributed by atoms with Gasteiger partial charge in [0.1, 0.15) is 17.4 Å². The molecule has 1 saturated heterocycles. The van der Waals surface area contributed by atoms with Crippen LogP contribution in [-0.2, 0) is 21.5 Å². The molecule has 5 rings (SSSR count). The van der Waals surface area contributed by atoms with Gasteiger partial charge in [-0.25, -0.2) is 9.98 Å². The van der Waals surface area contributed by atoms with Crippen molar-refractivity contribution >= 4 is 23.4 Å². The van der Waals surface area contributed by atoms with Gasteiger partial charge in [-0.15, -0.1) is 0 Å². The lowest BCUT2D eigenvalue weighted by Crippen LogP contribution is -2.58. The number of aliphatic imine (C=N–C) groups is 1. The van der Waals surface area contributed by atoms with Crippen LogP contribution in [0, 0.1) is 11.3 Å². The van der Waals surface area contributed by atoms with Gasteiger partial charge in [0, 0.05) is 37.6 Å². The van der Waals surface area contributed by atoms with Crippen molar-refractivity contribution < 1.29 is 9.53 Å². The summed E-state index contributed by atoms with van der Waals surface area (Å²) in [5.41, 5.74) is 9.13. The van der Waals surface area contributed by atoms with Crippen molar-refractivity contribution in [1.82, 2.24) is 9.88 Å². The van der Waals surface area contributed by atoms with Crippen molar-refractivity contribution in [3.8, 4) is 6.07 Å². The average molecular weight is 402 g/mol. The number of hydrogen-bond acceptors (Lipinski definition) is 7. The van der Waals surface area contributed by atoms with Crippen LogP contribution in [0.5, 0.6) is 0 Å². The minimum Gasteiger partial charge on any atom is -0.381 e. The number of nitriles is 1. The molecule has 1 spiro atoms. The van der Waals surface area contributed by atoms with E-state index < -0.39 is 5.54 Å². The Kier molecular flexibility index (Phi) is 4.40. The maximum absolute atomic E-state index is 13.0. The van der Waals surface area contributed by atoms with E-state index in [1.807, 2.05) is 18.2 Å². The summed E-state index contributed by atoms with van der Waals surface area (Å²) in [4.78, 5) is 23.8. The summed E-state index contributed by atoms with van der Waals surface area (Å²) in [7, 11) is 0. The molecule has 152 valence electrons. The number of anilines is 2. The van der Waals surface area contributed by atoms with Crippen molar-refractivity contribution in [3.63, 3.8) is 0 Å². The van der Waals surface area contributed by atoms with Gasteiger partial charge in [-0.3, -0.25) is 9.69 Å². The van der Waals surface area contributed by atoms with Crippen LogP contribution in [0.25, 0.3) is 0 Å². The predicted molar refractivity (Wildman–Crippen MR) is 111 cm³/mol. The van der Waals surface area contributed by atoms with Gasteiger partial charge in [-0.1, -0.05) is 12.1 Å². The van der Waals surface area contributed by atoms with Crippen molar-refractivity contribution in [2.45, 2.75) is 37.3 Å². The molecule has 3 heterocycles. The third kappa shape index (κ3) is 2.90. The number of nitrogens with one attached hydrogen (secondary N) is 1. The maximum Gasteiger partial charge on any atom is 0.232 e. The summed E-state index contributed by atoms with van der Waals surface area (Å²) in [6.45, 7) is 1.28. The van der Waals surface area contributed by atoms with Gasteiger partial charge < -0.3 is 15.8 Å². The number of nitrogens with zero attached hydrogens (tertiary/aromatic N) is 4. The molecule has 0 unspecified atom stereocenters. The van der Waals surface area contributed by atoms with Gasteiger partial charge in [-0.05, 0) is 42.2 Å². The third-order valence-electron chi connectivity index (χ3n) is 6.17. The van der Waals surface area contributed by atoms with Crippen LogP contribution < -0.4 is 11.1 Å². The van der Waals surface area contributed by atoms with Crippen molar-refractivity contribution in [2.24, 2.45) is 10.7 Å². The average Bonchev–Trinajstić information content (AvgIpc) is 2.75. The highest BCUT2D eigenvalue weighted by atomic mass is 16.5. The fourth-order valence-corrected chi connectivity index (χ4v) is 4.70. The Morgan fingerprint density at radius 1 is 1.23 bits per heavy atom. The Labute approximate surface area is 174 Å². The molecule has 3 aliphatic rings. The zero-order valence-corrected chi connectivity index (χ0v) is 16.5. The molecule has 2 aliphatic heterocycles. The minimum absolute atomic E-state index is 0.0231. The number of hydrogen-bond donors (Lipinski definition) is 2. The van der Waals surface area contributed by atoms with Crippen LogP contribution in [-0.4, -0.2) is 41.0 Å². The molecule has 1 amide bonds. The number of fused-ring (bicyclic) bond motifs is 2. The predicted octanol–water partition coefficient (Wildman–Crippen LogP) is 2.17. The Morgan fingerprint density at radius 3 is 2.83 bits per heavy atom. The fourth-order valence-electron chi connectivity index (χ4n) is 4.70. The van der Waals surface area contributed by atoms with Crippen LogP contribution in [0.4, 0.5) is 11.5 Å². The molecule has 0 radical (unpaired) electrons. The van der Waals surface area contributed by atoms with Gasteiger partial charge in [0.15, 0.2) is 5.96 Å².